The number of H-pyrrole nitrogens is 1. The highest BCUT2D eigenvalue weighted by atomic mass is 32.2. The number of aromatic nitrogens is 4. The smallest absolute Gasteiger partial charge is 0.277 e. The molecule has 1 aromatic carbocycles. The molecule has 3 aromatic rings. The van der Waals surface area contributed by atoms with Gasteiger partial charge < -0.3 is 14.6 Å². The van der Waals surface area contributed by atoms with Gasteiger partial charge in [0.1, 0.15) is 17.1 Å². The molecule has 11 heteroatoms. The first-order valence-electron chi connectivity index (χ1n) is 16.0. The van der Waals surface area contributed by atoms with Gasteiger partial charge >= 0.3 is 0 Å². The molecule has 0 bridgehead atoms. The number of rotatable bonds is 11. The molecule has 36 heavy (non-hydrogen) atoms. The van der Waals surface area contributed by atoms with Gasteiger partial charge in [-0.1, -0.05) is 20.3 Å². The number of nitrogens with zero attached hydrogens (tertiary/aromatic N) is 4. The molecule has 1 atom stereocenters. The normalized spacial score (nSPS) is 21.1. The summed E-state index contributed by atoms with van der Waals surface area (Å²) in [5.74, 6) is 0.103. The first-order valence-corrected chi connectivity index (χ1v) is 13.5. The average Bonchev–Trinajstić information content (AvgIpc) is 3.51. The first-order chi connectivity index (χ1) is 20.4. The third-order valence-corrected chi connectivity index (χ3v) is 7.27. The Morgan fingerprint density at radius 2 is 2.17 bits per heavy atom. The molecule has 1 aliphatic heterocycles. The number of sulfonamides is 1. The van der Waals surface area contributed by atoms with Crippen LogP contribution in [-0.2, 0) is 23.4 Å². The van der Waals surface area contributed by atoms with E-state index in [1.165, 1.54) is 23.1 Å². The molecule has 1 fully saturated rings. The molecule has 1 saturated heterocycles. The van der Waals surface area contributed by atoms with E-state index in [4.69, 9.17) is 15.7 Å². The summed E-state index contributed by atoms with van der Waals surface area (Å²) in [6.07, 6.45) is 2.12. The fraction of sp³-hybridized carbons (Fsp3) is 0.560. The highest BCUT2D eigenvalue weighted by Gasteiger charge is 2.23. The Kier molecular flexibility index (Phi) is 5.44. The lowest BCUT2D eigenvalue weighted by molar-refractivity contribution is 0.297. The Balaban J connectivity index is 1.77. The van der Waals surface area contributed by atoms with E-state index in [1.54, 1.807) is 0 Å². The lowest BCUT2D eigenvalue weighted by Crippen LogP contribution is -2.31. The maximum atomic E-state index is 13.5. The van der Waals surface area contributed by atoms with Gasteiger partial charge in [0.2, 0.25) is 10.0 Å². The number of hydrogen-bond donors (Lipinski definition) is 2. The second kappa shape index (κ2) is 11.1. The maximum Gasteiger partial charge on any atom is 0.277 e. The number of fused-ring (bicyclic) bond motifs is 1. The molecule has 3 heterocycles. The monoisotopic (exact) mass is 524 g/mol. The Morgan fingerprint density at radius 1 is 1.31 bits per heavy atom. The van der Waals surface area contributed by atoms with Crippen LogP contribution in [0.15, 0.2) is 27.9 Å². The van der Waals surface area contributed by atoms with E-state index in [2.05, 4.69) is 19.8 Å². The number of hydrogen-bond acceptors (Lipinski definition) is 7. The second-order valence-electron chi connectivity index (χ2n) is 8.70. The number of likely N-dealkylation sites (tertiary alicyclic amines) is 1. The summed E-state index contributed by atoms with van der Waals surface area (Å²) in [6, 6.07) is 3.09. The van der Waals surface area contributed by atoms with Crippen LogP contribution in [0, 0.1) is 0 Å². The molecule has 0 spiro atoms. The molecule has 2 aromatic heterocycles. The lowest BCUT2D eigenvalue weighted by atomic mass is 10.1. The van der Waals surface area contributed by atoms with Gasteiger partial charge in [0.25, 0.3) is 5.56 Å². The van der Waals surface area contributed by atoms with Crippen molar-refractivity contribution in [3.05, 3.63) is 34.2 Å². The van der Waals surface area contributed by atoms with Crippen LogP contribution in [0.4, 0.5) is 0 Å². The SMILES string of the molecule is [2H]C([2H])(CC1CCCN1C([2H])([2H])[2H])NS(=O)(=O)c1ccc(OCCC)c(-c2nc3c(CCC)nn(C([2H])([2H])[2H])c3c(=O)[nH]2)c1. The Morgan fingerprint density at radius 3 is 2.92 bits per heavy atom. The van der Waals surface area contributed by atoms with E-state index >= 15 is 0 Å². The van der Waals surface area contributed by atoms with Crippen LogP contribution in [0.3, 0.4) is 0 Å². The molecule has 0 aliphatic carbocycles. The molecule has 10 nitrogen and oxygen atoms in total. The van der Waals surface area contributed by atoms with Gasteiger partial charge in [-0.3, -0.25) is 9.48 Å². The Hall–Kier alpha value is -2.76. The predicted octanol–water partition coefficient (Wildman–Crippen LogP) is 2.83. The zero-order valence-corrected chi connectivity index (χ0v) is 21.1. The van der Waals surface area contributed by atoms with Crippen molar-refractivity contribution < 1.29 is 24.1 Å². The van der Waals surface area contributed by atoms with Gasteiger partial charge in [-0.25, -0.2) is 18.1 Å². The largest absolute Gasteiger partial charge is 0.493 e. The maximum absolute atomic E-state index is 13.5. The second-order valence-corrected chi connectivity index (χ2v) is 10.4. The minimum Gasteiger partial charge on any atom is -0.493 e. The van der Waals surface area contributed by atoms with E-state index in [0.717, 1.165) is 0 Å². The molecular formula is C25H36N6O4S. The van der Waals surface area contributed by atoms with Gasteiger partial charge in [0.05, 0.1) is 22.8 Å². The molecule has 0 radical (unpaired) electrons. The summed E-state index contributed by atoms with van der Waals surface area (Å²) in [4.78, 5) is 21.1. The summed E-state index contributed by atoms with van der Waals surface area (Å²) in [6.45, 7) is -3.42. The van der Waals surface area contributed by atoms with Crippen molar-refractivity contribution in [2.45, 2.75) is 63.3 Å². The standard InChI is InChI=1S/C25H36N6O4S/c1-5-8-20-22-23(31(4)29-20)25(32)28-24(27-22)19-16-18(10-11-21(19)35-15-6-2)36(33,34)26-13-12-17-9-7-14-30(17)3/h10-11,16-17,26H,5-9,12-15H2,1-4H3,(H,27,28,32)/i3D3,4D3,13D2. The highest BCUT2D eigenvalue weighted by Crippen LogP contribution is 2.31. The fourth-order valence-corrected chi connectivity index (χ4v) is 5.09. The summed E-state index contributed by atoms with van der Waals surface area (Å²) >= 11 is 0. The number of ether oxygens (including phenoxy) is 1. The van der Waals surface area contributed by atoms with Crippen molar-refractivity contribution in [2.75, 3.05) is 26.6 Å². The zero-order valence-electron chi connectivity index (χ0n) is 28.3. The van der Waals surface area contributed by atoms with Gasteiger partial charge in [-0.15, -0.1) is 0 Å². The summed E-state index contributed by atoms with van der Waals surface area (Å²) < 4.78 is 98.8. The molecule has 2 N–H and O–H groups in total. The van der Waals surface area contributed by atoms with E-state index in [-0.39, 0.29) is 52.6 Å². The van der Waals surface area contributed by atoms with E-state index in [9.17, 15) is 13.2 Å². The first kappa shape index (κ1) is 17.7. The van der Waals surface area contributed by atoms with E-state index < -0.39 is 42.1 Å². The highest BCUT2D eigenvalue weighted by molar-refractivity contribution is 7.89. The minimum atomic E-state index is -4.52. The summed E-state index contributed by atoms with van der Waals surface area (Å²) in [5, 5.41) is 4.13. The third-order valence-electron chi connectivity index (χ3n) is 5.99. The van der Waals surface area contributed by atoms with Crippen molar-refractivity contribution in [3.8, 4) is 17.1 Å². The van der Waals surface area contributed by atoms with E-state index in [1.807, 2.05) is 13.8 Å². The van der Waals surface area contributed by atoms with Crippen molar-refractivity contribution >= 4 is 21.1 Å². The van der Waals surface area contributed by atoms with Crippen LogP contribution in [0.5, 0.6) is 5.75 Å². The van der Waals surface area contributed by atoms with Crippen molar-refractivity contribution in [3.63, 3.8) is 0 Å². The predicted molar refractivity (Wildman–Crippen MR) is 140 cm³/mol. The molecule has 1 unspecified atom stereocenters. The third kappa shape index (κ3) is 5.47. The van der Waals surface area contributed by atoms with Crippen molar-refractivity contribution in [2.24, 2.45) is 6.98 Å². The molecule has 4 rings (SSSR count). The number of aromatic amines is 1. The number of benzene rings is 1. The topological polar surface area (TPSA) is 122 Å². The molecule has 0 saturated carbocycles. The number of aryl methyl sites for hydroxylation is 2. The summed E-state index contributed by atoms with van der Waals surface area (Å²) in [5.41, 5.74) is -0.616. The van der Waals surface area contributed by atoms with E-state index in [0.29, 0.717) is 42.5 Å². The van der Waals surface area contributed by atoms with Gasteiger partial charge in [-0.2, -0.15) is 5.10 Å². The quantitative estimate of drug-likeness (QED) is 0.395. The summed E-state index contributed by atoms with van der Waals surface area (Å²) in [7, 11) is -4.52. The number of nitrogens with one attached hydrogen (secondary N) is 2. The molecule has 1 aliphatic rings. The molecular weight excluding hydrogens is 480 g/mol. The Bertz CT molecular complexity index is 1670. The van der Waals surface area contributed by atoms with Gasteiger partial charge in [-0.05, 0) is 63.8 Å². The van der Waals surface area contributed by atoms with Gasteiger partial charge in [0, 0.05) is 30.5 Å². The Labute approximate surface area is 223 Å². The molecule has 0 amide bonds. The van der Waals surface area contributed by atoms with Crippen LogP contribution in [0.25, 0.3) is 22.4 Å². The van der Waals surface area contributed by atoms with Crippen LogP contribution in [-0.4, -0.2) is 65.7 Å². The minimum absolute atomic E-state index is 0.0567. The van der Waals surface area contributed by atoms with Crippen LogP contribution < -0.4 is 15.0 Å². The zero-order chi connectivity index (χ0) is 32.7. The van der Waals surface area contributed by atoms with Crippen LogP contribution >= 0.6 is 0 Å². The molecule has 196 valence electrons. The van der Waals surface area contributed by atoms with Gasteiger partial charge in [0.15, 0.2) is 5.52 Å². The fourth-order valence-electron chi connectivity index (χ4n) is 4.18. The lowest BCUT2D eigenvalue weighted by Gasteiger charge is -2.19. The average molecular weight is 525 g/mol. The van der Waals surface area contributed by atoms with Crippen LogP contribution in [0.2, 0.25) is 0 Å². The van der Waals surface area contributed by atoms with Crippen molar-refractivity contribution in [1.29, 1.82) is 0 Å². The van der Waals surface area contributed by atoms with Crippen LogP contribution in [0.1, 0.15) is 62.6 Å². The van der Waals surface area contributed by atoms with Crippen molar-refractivity contribution in [1.82, 2.24) is 29.4 Å².